The van der Waals surface area contributed by atoms with Gasteiger partial charge in [0.15, 0.2) is 6.04 Å². The number of piperidine rings is 1. The summed E-state index contributed by atoms with van der Waals surface area (Å²) in [6, 6.07) is 2.36. The van der Waals surface area contributed by atoms with E-state index in [2.05, 4.69) is 10.6 Å². The highest BCUT2D eigenvalue weighted by molar-refractivity contribution is 5.95. The molecule has 0 bridgehead atoms. The lowest BCUT2D eigenvalue weighted by Gasteiger charge is -2.26. The summed E-state index contributed by atoms with van der Waals surface area (Å²) >= 11 is 0. The number of carbonyl (C=O) groups excluding carboxylic acids is 1. The molecule has 21 heavy (non-hydrogen) atoms. The van der Waals surface area contributed by atoms with Crippen LogP contribution < -0.4 is 10.6 Å². The Bertz CT molecular complexity index is 506. The van der Waals surface area contributed by atoms with E-state index < -0.39 is 24.0 Å². The summed E-state index contributed by atoms with van der Waals surface area (Å²) in [6.07, 6.45) is 2.53. The predicted octanol–water partition coefficient (Wildman–Crippen LogP) is -0.0236. The van der Waals surface area contributed by atoms with Crippen molar-refractivity contribution in [1.82, 2.24) is 15.2 Å². The minimum absolute atomic E-state index is 0.233. The Morgan fingerprint density at radius 3 is 2.67 bits per heavy atom. The topological polar surface area (TPSA) is 104 Å². The van der Waals surface area contributed by atoms with Gasteiger partial charge in [-0.15, -0.1) is 0 Å². The van der Waals surface area contributed by atoms with E-state index in [1.54, 1.807) is 12.1 Å². The third-order valence-corrected chi connectivity index (χ3v) is 3.75. The Balaban J connectivity index is 2.12. The van der Waals surface area contributed by atoms with Crippen LogP contribution in [0, 0.1) is 0 Å². The molecule has 1 fully saturated rings. The van der Waals surface area contributed by atoms with Gasteiger partial charge < -0.3 is 25.4 Å². The van der Waals surface area contributed by atoms with Crippen molar-refractivity contribution >= 4 is 11.9 Å². The maximum atomic E-state index is 12.3. The second-order valence-corrected chi connectivity index (χ2v) is 5.31. The lowest BCUT2D eigenvalue weighted by Crippen LogP contribution is -2.48. The number of amides is 1. The van der Waals surface area contributed by atoms with Crippen molar-refractivity contribution < 1.29 is 19.8 Å². The van der Waals surface area contributed by atoms with Gasteiger partial charge in [-0.3, -0.25) is 4.79 Å². The molecule has 1 aromatic heterocycles. The van der Waals surface area contributed by atoms with Crippen molar-refractivity contribution in [2.75, 3.05) is 13.1 Å². The average molecular weight is 295 g/mol. The van der Waals surface area contributed by atoms with Gasteiger partial charge in [-0.05, 0) is 45.0 Å². The molecule has 0 aromatic carbocycles. The van der Waals surface area contributed by atoms with Gasteiger partial charge in [0.25, 0.3) is 5.91 Å². The quantitative estimate of drug-likeness (QED) is 0.611. The van der Waals surface area contributed by atoms with Crippen molar-refractivity contribution in [1.29, 1.82) is 0 Å². The zero-order valence-electron chi connectivity index (χ0n) is 12.0. The lowest BCUT2D eigenvalue weighted by atomic mass is 10.1. The molecule has 2 atom stereocenters. The first-order valence-electron chi connectivity index (χ1n) is 7.10. The van der Waals surface area contributed by atoms with Crippen LogP contribution in [0.4, 0.5) is 0 Å². The van der Waals surface area contributed by atoms with Gasteiger partial charge in [0.05, 0.1) is 6.10 Å². The predicted molar refractivity (Wildman–Crippen MR) is 76.1 cm³/mol. The maximum Gasteiger partial charge on any atom is 0.328 e. The summed E-state index contributed by atoms with van der Waals surface area (Å²) in [6.45, 7) is 3.13. The van der Waals surface area contributed by atoms with E-state index >= 15 is 0 Å². The molecular formula is C14H21N3O4. The molecule has 0 aliphatic carbocycles. The first-order valence-corrected chi connectivity index (χ1v) is 7.10. The third kappa shape index (κ3) is 3.62. The van der Waals surface area contributed by atoms with Crippen molar-refractivity contribution in [2.45, 2.75) is 38.0 Å². The van der Waals surface area contributed by atoms with E-state index in [1.807, 2.05) is 10.8 Å². The lowest BCUT2D eigenvalue weighted by molar-refractivity contribution is -0.141. The molecule has 0 saturated carbocycles. The molecule has 1 aliphatic heterocycles. The summed E-state index contributed by atoms with van der Waals surface area (Å²) in [5.41, 5.74) is 0.425. The summed E-state index contributed by atoms with van der Waals surface area (Å²) in [5, 5.41) is 24.1. The molecule has 7 heteroatoms. The Kier molecular flexibility index (Phi) is 4.98. The zero-order valence-corrected chi connectivity index (χ0v) is 12.0. The molecule has 7 nitrogen and oxygen atoms in total. The van der Waals surface area contributed by atoms with Crippen molar-refractivity contribution in [2.24, 2.45) is 0 Å². The molecule has 4 N–H and O–H groups in total. The molecule has 0 unspecified atom stereocenters. The highest BCUT2D eigenvalue weighted by Crippen LogP contribution is 2.21. The van der Waals surface area contributed by atoms with E-state index in [1.165, 1.54) is 6.92 Å². The van der Waals surface area contributed by atoms with Gasteiger partial charge in [0.2, 0.25) is 0 Å². The van der Waals surface area contributed by atoms with Gasteiger partial charge in [0.1, 0.15) is 5.69 Å². The van der Waals surface area contributed by atoms with Crippen molar-refractivity contribution in [3.05, 3.63) is 24.0 Å². The average Bonchev–Trinajstić information content (AvgIpc) is 2.94. The van der Waals surface area contributed by atoms with E-state index in [0.717, 1.165) is 25.9 Å². The van der Waals surface area contributed by atoms with Crippen LogP contribution in [0.15, 0.2) is 18.3 Å². The minimum Gasteiger partial charge on any atom is -0.480 e. The molecule has 1 aromatic rings. The van der Waals surface area contributed by atoms with Crippen LogP contribution in [-0.2, 0) is 4.79 Å². The molecule has 2 heterocycles. The molecule has 116 valence electrons. The van der Waals surface area contributed by atoms with Crippen LogP contribution >= 0.6 is 0 Å². The number of carboxylic acids is 1. The second-order valence-electron chi connectivity index (χ2n) is 5.31. The van der Waals surface area contributed by atoms with Crippen LogP contribution in [0.2, 0.25) is 0 Å². The minimum atomic E-state index is -1.31. The van der Waals surface area contributed by atoms with Crippen LogP contribution in [0.3, 0.4) is 0 Å². The number of aliphatic carboxylic acids is 1. The number of carboxylic acid groups (broad SMARTS) is 1. The Labute approximate surface area is 123 Å². The number of nitrogens with zero attached hydrogens (tertiary/aromatic N) is 1. The van der Waals surface area contributed by atoms with E-state index in [-0.39, 0.29) is 6.04 Å². The van der Waals surface area contributed by atoms with Gasteiger partial charge >= 0.3 is 5.97 Å². The largest absolute Gasteiger partial charge is 0.480 e. The van der Waals surface area contributed by atoms with Gasteiger partial charge in [-0.2, -0.15) is 0 Å². The monoisotopic (exact) mass is 295 g/mol. The number of aliphatic hydroxyl groups is 1. The summed E-state index contributed by atoms with van der Waals surface area (Å²) in [5.74, 6) is -1.73. The number of nitrogens with one attached hydrogen (secondary N) is 2. The summed E-state index contributed by atoms with van der Waals surface area (Å²) in [7, 11) is 0. The Hall–Kier alpha value is -1.86. The molecule has 1 aliphatic rings. The number of rotatable bonds is 5. The first kappa shape index (κ1) is 15.5. The second kappa shape index (κ2) is 6.73. The molecule has 1 amide bonds. The maximum absolute atomic E-state index is 12.3. The number of aliphatic hydroxyl groups excluding tert-OH is 1. The normalized spacial score (nSPS) is 19.0. The highest BCUT2D eigenvalue weighted by atomic mass is 16.4. The van der Waals surface area contributed by atoms with Crippen LogP contribution in [-0.4, -0.2) is 51.9 Å². The number of carbonyl (C=O) groups is 2. The van der Waals surface area contributed by atoms with E-state index in [9.17, 15) is 14.7 Å². The number of hydrogen-bond donors (Lipinski definition) is 4. The van der Waals surface area contributed by atoms with E-state index in [0.29, 0.717) is 5.69 Å². The van der Waals surface area contributed by atoms with Crippen molar-refractivity contribution in [3.63, 3.8) is 0 Å². The molecule has 2 rings (SSSR count). The molecule has 1 saturated heterocycles. The SMILES string of the molecule is C[C@@H](O)[C@H](NC(=O)c1cccn1C1CCNCC1)C(=O)O. The summed E-state index contributed by atoms with van der Waals surface area (Å²) in [4.78, 5) is 23.3. The van der Waals surface area contributed by atoms with Crippen LogP contribution in [0.1, 0.15) is 36.3 Å². The molecular weight excluding hydrogens is 274 g/mol. The highest BCUT2D eigenvalue weighted by Gasteiger charge is 2.27. The Morgan fingerprint density at radius 1 is 1.43 bits per heavy atom. The van der Waals surface area contributed by atoms with Crippen LogP contribution in [0.5, 0.6) is 0 Å². The standard InChI is InChI=1S/C14H21N3O4/c1-9(18)12(14(20)21)16-13(19)11-3-2-8-17(11)10-4-6-15-7-5-10/h2-3,8-10,12,15,18H,4-7H2,1H3,(H,16,19)(H,20,21)/t9-,12+/m1/s1. The van der Waals surface area contributed by atoms with Gasteiger partial charge in [0, 0.05) is 12.2 Å². The van der Waals surface area contributed by atoms with Crippen molar-refractivity contribution in [3.8, 4) is 0 Å². The zero-order chi connectivity index (χ0) is 15.4. The third-order valence-electron chi connectivity index (χ3n) is 3.75. The summed E-state index contributed by atoms with van der Waals surface area (Å²) < 4.78 is 1.89. The smallest absolute Gasteiger partial charge is 0.328 e. The fourth-order valence-electron chi connectivity index (χ4n) is 2.59. The number of aromatic nitrogens is 1. The molecule has 0 radical (unpaired) electrons. The van der Waals surface area contributed by atoms with E-state index in [4.69, 9.17) is 5.11 Å². The molecule has 0 spiro atoms. The first-order chi connectivity index (χ1) is 10.0. The fourth-order valence-corrected chi connectivity index (χ4v) is 2.59. The fraction of sp³-hybridized carbons (Fsp3) is 0.571. The van der Waals surface area contributed by atoms with Gasteiger partial charge in [-0.25, -0.2) is 4.79 Å². The number of hydrogen-bond acceptors (Lipinski definition) is 4. The Morgan fingerprint density at radius 2 is 2.10 bits per heavy atom. The van der Waals surface area contributed by atoms with Gasteiger partial charge in [-0.1, -0.05) is 0 Å². The van der Waals surface area contributed by atoms with Crippen LogP contribution in [0.25, 0.3) is 0 Å².